The van der Waals surface area contributed by atoms with Gasteiger partial charge in [-0.25, -0.2) is 0 Å². The van der Waals surface area contributed by atoms with Gasteiger partial charge in [0.2, 0.25) is 0 Å². The van der Waals surface area contributed by atoms with Crippen LogP contribution in [0.4, 0.5) is 0 Å². The molecule has 0 unspecified atom stereocenters. The van der Waals surface area contributed by atoms with Gasteiger partial charge < -0.3 is 9.47 Å². The fourth-order valence-corrected chi connectivity index (χ4v) is 2.03. The summed E-state index contributed by atoms with van der Waals surface area (Å²) in [6.07, 6.45) is 3.37. The minimum absolute atomic E-state index is 0.0502. The van der Waals surface area contributed by atoms with E-state index in [4.69, 9.17) is 9.47 Å². The summed E-state index contributed by atoms with van der Waals surface area (Å²) in [5.74, 6) is 1.28. The third-order valence-electron chi connectivity index (χ3n) is 3.05. The first kappa shape index (κ1) is 12.5. The molecular weight excluding hydrogens is 252 g/mol. The van der Waals surface area contributed by atoms with E-state index in [1.807, 2.05) is 30.3 Å². The van der Waals surface area contributed by atoms with Crippen molar-refractivity contribution in [3.8, 4) is 11.5 Å². The van der Waals surface area contributed by atoms with Crippen LogP contribution < -0.4 is 9.47 Å². The predicted molar refractivity (Wildman–Crippen MR) is 77.2 cm³/mol. The Balaban J connectivity index is 1.79. The summed E-state index contributed by atoms with van der Waals surface area (Å²) < 4.78 is 10.9. The second-order valence-corrected chi connectivity index (χ2v) is 4.47. The van der Waals surface area contributed by atoms with Crippen molar-refractivity contribution in [2.45, 2.75) is 0 Å². The number of benzene rings is 2. The van der Waals surface area contributed by atoms with Crippen LogP contribution in [0.1, 0.15) is 15.9 Å². The lowest BCUT2D eigenvalue weighted by atomic mass is 10.1. The molecular formula is C17H14O3. The Bertz CT molecular complexity index is 645. The van der Waals surface area contributed by atoms with E-state index >= 15 is 0 Å². The third-order valence-corrected chi connectivity index (χ3v) is 3.05. The van der Waals surface area contributed by atoms with Crippen LogP contribution in [0.3, 0.4) is 0 Å². The van der Waals surface area contributed by atoms with Crippen molar-refractivity contribution in [3.05, 3.63) is 65.7 Å². The molecule has 0 bridgehead atoms. The van der Waals surface area contributed by atoms with E-state index < -0.39 is 0 Å². The lowest BCUT2D eigenvalue weighted by Crippen LogP contribution is -2.15. The number of carbonyl (C=O) groups excluding carboxylic acids is 1. The Morgan fingerprint density at radius 3 is 2.50 bits per heavy atom. The topological polar surface area (TPSA) is 35.5 Å². The second kappa shape index (κ2) is 5.61. The van der Waals surface area contributed by atoms with E-state index in [1.54, 1.807) is 30.4 Å². The van der Waals surface area contributed by atoms with Crippen LogP contribution in [-0.2, 0) is 0 Å². The highest BCUT2D eigenvalue weighted by Gasteiger charge is 2.13. The predicted octanol–water partition coefficient (Wildman–Crippen LogP) is 3.35. The monoisotopic (exact) mass is 266 g/mol. The molecule has 0 saturated carbocycles. The van der Waals surface area contributed by atoms with Gasteiger partial charge in [-0.3, -0.25) is 4.79 Å². The molecule has 0 fully saturated rings. The molecule has 3 heteroatoms. The van der Waals surface area contributed by atoms with Crippen molar-refractivity contribution in [3.63, 3.8) is 0 Å². The first-order chi connectivity index (χ1) is 9.83. The number of fused-ring (bicyclic) bond motifs is 1. The van der Waals surface area contributed by atoms with Crippen molar-refractivity contribution in [2.75, 3.05) is 13.2 Å². The number of rotatable bonds is 3. The molecule has 100 valence electrons. The van der Waals surface area contributed by atoms with Crippen LogP contribution in [-0.4, -0.2) is 19.0 Å². The van der Waals surface area contributed by atoms with E-state index in [1.165, 1.54) is 0 Å². The number of ketones is 1. The van der Waals surface area contributed by atoms with E-state index in [-0.39, 0.29) is 5.78 Å². The molecule has 0 saturated heterocycles. The molecule has 0 aliphatic carbocycles. The summed E-state index contributed by atoms with van der Waals surface area (Å²) >= 11 is 0. The average molecular weight is 266 g/mol. The minimum atomic E-state index is -0.0502. The largest absolute Gasteiger partial charge is 0.486 e. The smallest absolute Gasteiger partial charge is 0.185 e. The van der Waals surface area contributed by atoms with E-state index in [9.17, 15) is 4.79 Å². The summed E-state index contributed by atoms with van der Waals surface area (Å²) in [7, 11) is 0. The Hall–Kier alpha value is -2.55. The van der Waals surface area contributed by atoms with Gasteiger partial charge in [0, 0.05) is 5.56 Å². The Morgan fingerprint density at radius 2 is 1.70 bits per heavy atom. The van der Waals surface area contributed by atoms with Gasteiger partial charge in [-0.1, -0.05) is 36.4 Å². The number of ether oxygens (including phenoxy) is 2. The van der Waals surface area contributed by atoms with E-state index in [0.717, 1.165) is 5.56 Å². The maximum absolute atomic E-state index is 12.1. The molecule has 1 heterocycles. The molecule has 20 heavy (non-hydrogen) atoms. The van der Waals surface area contributed by atoms with Gasteiger partial charge in [0.15, 0.2) is 17.3 Å². The minimum Gasteiger partial charge on any atom is -0.486 e. The normalized spacial score (nSPS) is 13.4. The molecule has 2 aromatic carbocycles. The fourth-order valence-electron chi connectivity index (χ4n) is 2.03. The average Bonchev–Trinajstić information content (AvgIpc) is 2.53. The van der Waals surface area contributed by atoms with Crippen LogP contribution in [0.2, 0.25) is 0 Å². The maximum atomic E-state index is 12.1. The first-order valence-corrected chi connectivity index (χ1v) is 6.50. The zero-order chi connectivity index (χ0) is 13.8. The summed E-state index contributed by atoms with van der Waals surface area (Å²) in [6.45, 7) is 1.07. The molecule has 0 spiro atoms. The Kier molecular flexibility index (Phi) is 3.50. The van der Waals surface area contributed by atoms with Gasteiger partial charge in [0.1, 0.15) is 13.2 Å². The SMILES string of the molecule is O=C(/C=C/c1ccccc1)c1ccc2c(c1)OCCO2. The van der Waals surface area contributed by atoms with Crippen LogP contribution in [0.5, 0.6) is 11.5 Å². The third kappa shape index (κ3) is 2.72. The maximum Gasteiger partial charge on any atom is 0.185 e. The second-order valence-electron chi connectivity index (χ2n) is 4.47. The van der Waals surface area contributed by atoms with Gasteiger partial charge >= 0.3 is 0 Å². The van der Waals surface area contributed by atoms with E-state index in [0.29, 0.717) is 30.3 Å². The van der Waals surface area contributed by atoms with Gasteiger partial charge in [0.05, 0.1) is 0 Å². The number of carbonyl (C=O) groups is 1. The molecule has 3 rings (SSSR count). The van der Waals surface area contributed by atoms with Crippen LogP contribution >= 0.6 is 0 Å². The zero-order valence-corrected chi connectivity index (χ0v) is 10.9. The molecule has 0 N–H and O–H groups in total. The van der Waals surface area contributed by atoms with Crippen molar-refractivity contribution in [1.82, 2.24) is 0 Å². The van der Waals surface area contributed by atoms with Crippen LogP contribution in [0, 0.1) is 0 Å². The lowest BCUT2D eigenvalue weighted by molar-refractivity contribution is 0.104. The Labute approximate surface area is 117 Å². The molecule has 1 aliphatic heterocycles. The highest BCUT2D eigenvalue weighted by molar-refractivity contribution is 6.07. The molecule has 0 radical (unpaired) electrons. The quantitative estimate of drug-likeness (QED) is 0.631. The fraction of sp³-hybridized carbons (Fsp3) is 0.118. The van der Waals surface area contributed by atoms with Crippen molar-refractivity contribution < 1.29 is 14.3 Å². The molecule has 0 atom stereocenters. The van der Waals surface area contributed by atoms with Crippen LogP contribution in [0.25, 0.3) is 6.08 Å². The summed E-state index contributed by atoms with van der Waals surface area (Å²) in [5, 5.41) is 0. The van der Waals surface area contributed by atoms with E-state index in [2.05, 4.69) is 0 Å². The summed E-state index contributed by atoms with van der Waals surface area (Å²) in [6, 6.07) is 15.0. The van der Waals surface area contributed by atoms with Crippen molar-refractivity contribution in [2.24, 2.45) is 0 Å². The van der Waals surface area contributed by atoms with Crippen LogP contribution in [0.15, 0.2) is 54.6 Å². The highest BCUT2D eigenvalue weighted by atomic mass is 16.6. The number of hydrogen-bond acceptors (Lipinski definition) is 3. The first-order valence-electron chi connectivity index (χ1n) is 6.50. The molecule has 0 amide bonds. The summed E-state index contributed by atoms with van der Waals surface area (Å²) in [4.78, 5) is 12.1. The van der Waals surface area contributed by atoms with Crippen molar-refractivity contribution >= 4 is 11.9 Å². The molecule has 2 aromatic rings. The highest BCUT2D eigenvalue weighted by Crippen LogP contribution is 2.30. The zero-order valence-electron chi connectivity index (χ0n) is 10.9. The molecule has 3 nitrogen and oxygen atoms in total. The number of hydrogen-bond donors (Lipinski definition) is 0. The Morgan fingerprint density at radius 1 is 0.950 bits per heavy atom. The number of allylic oxidation sites excluding steroid dienone is 1. The van der Waals surface area contributed by atoms with Gasteiger partial charge in [-0.05, 0) is 29.8 Å². The molecule has 0 aromatic heterocycles. The van der Waals surface area contributed by atoms with Gasteiger partial charge in [-0.15, -0.1) is 0 Å². The lowest BCUT2D eigenvalue weighted by Gasteiger charge is -2.18. The molecule has 1 aliphatic rings. The summed E-state index contributed by atoms with van der Waals surface area (Å²) in [5.41, 5.74) is 1.60. The van der Waals surface area contributed by atoms with Gasteiger partial charge in [-0.2, -0.15) is 0 Å². The van der Waals surface area contributed by atoms with Gasteiger partial charge in [0.25, 0.3) is 0 Å². The standard InChI is InChI=1S/C17H14O3/c18-15(8-6-13-4-2-1-3-5-13)14-7-9-16-17(12-14)20-11-10-19-16/h1-9,12H,10-11H2/b8-6+. The van der Waals surface area contributed by atoms with Crippen molar-refractivity contribution in [1.29, 1.82) is 0 Å².